The molecule has 5 heteroatoms. The van der Waals surface area contributed by atoms with Gasteiger partial charge in [-0.1, -0.05) is 13.8 Å². The Bertz CT molecular complexity index is 446. The topological polar surface area (TPSA) is 46.3 Å². The minimum atomic E-state index is 0.0202. The molecule has 2 N–H and O–H groups in total. The molecule has 1 saturated heterocycles. The number of carbonyl (C=O) groups is 1. The fraction of sp³-hybridized carbons (Fsp3) is 0.643. The van der Waals surface area contributed by atoms with Crippen LogP contribution >= 0.6 is 27.3 Å². The largest absolute Gasteiger partial charge is 0.333 e. The van der Waals surface area contributed by atoms with Crippen molar-refractivity contribution in [2.45, 2.75) is 45.2 Å². The number of hydrogen-bond acceptors (Lipinski definition) is 3. The molecule has 0 saturated carbocycles. The van der Waals surface area contributed by atoms with Crippen LogP contribution in [-0.4, -0.2) is 23.4 Å². The summed E-state index contributed by atoms with van der Waals surface area (Å²) in [6.07, 6.45) is 2.43. The van der Waals surface area contributed by atoms with Crippen LogP contribution in [0, 0.1) is 5.92 Å². The van der Waals surface area contributed by atoms with Crippen LogP contribution in [0.3, 0.4) is 0 Å². The minimum Gasteiger partial charge on any atom is -0.333 e. The summed E-state index contributed by atoms with van der Waals surface area (Å²) in [5.74, 6) is 0.697. The molecule has 2 atom stereocenters. The number of carbonyl (C=O) groups excluding carboxylic acids is 1. The smallest absolute Gasteiger partial charge is 0.223 e. The normalized spacial score (nSPS) is 24.9. The van der Waals surface area contributed by atoms with Crippen LogP contribution in [0.1, 0.15) is 44.0 Å². The van der Waals surface area contributed by atoms with Crippen molar-refractivity contribution in [3.8, 4) is 0 Å². The summed E-state index contributed by atoms with van der Waals surface area (Å²) in [4.78, 5) is 15.6. The zero-order valence-electron chi connectivity index (χ0n) is 11.4. The lowest BCUT2D eigenvalue weighted by molar-refractivity contribution is -0.133. The molecular formula is C14H21BrN2OS. The summed E-state index contributed by atoms with van der Waals surface area (Å²) in [5.41, 5.74) is 6.36. The third-order valence-electron chi connectivity index (χ3n) is 3.47. The number of likely N-dealkylation sites (tertiary alicyclic amines) is 1. The van der Waals surface area contributed by atoms with Gasteiger partial charge in [-0.15, -0.1) is 11.3 Å². The molecule has 2 heterocycles. The summed E-state index contributed by atoms with van der Waals surface area (Å²) in [7, 11) is 0. The summed E-state index contributed by atoms with van der Waals surface area (Å²) >= 11 is 5.27. The number of thiophene rings is 1. The lowest BCUT2D eigenvalue weighted by atomic mass is 10.0. The zero-order valence-corrected chi connectivity index (χ0v) is 13.8. The molecule has 3 nitrogen and oxygen atoms in total. The Morgan fingerprint density at radius 1 is 1.58 bits per heavy atom. The summed E-state index contributed by atoms with van der Waals surface area (Å²) in [6.45, 7) is 5.07. The predicted molar refractivity (Wildman–Crippen MR) is 83.1 cm³/mol. The molecular weight excluding hydrogens is 324 g/mol. The molecule has 2 rings (SSSR count). The Balaban J connectivity index is 2.36. The van der Waals surface area contributed by atoms with Crippen LogP contribution in [0.25, 0.3) is 0 Å². The fourth-order valence-electron chi connectivity index (χ4n) is 2.64. The second kappa shape index (κ2) is 6.37. The van der Waals surface area contributed by atoms with Crippen molar-refractivity contribution in [2.75, 3.05) is 6.54 Å². The highest BCUT2D eigenvalue weighted by molar-refractivity contribution is 9.10. The fourth-order valence-corrected chi connectivity index (χ4v) is 4.43. The molecule has 1 aliphatic rings. The van der Waals surface area contributed by atoms with E-state index in [-0.39, 0.29) is 18.0 Å². The van der Waals surface area contributed by atoms with Gasteiger partial charge in [-0.05, 0) is 46.1 Å². The van der Waals surface area contributed by atoms with Gasteiger partial charge < -0.3 is 10.6 Å². The van der Waals surface area contributed by atoms with E-state index in [0.29, 0.717) is 12.3 Å². The van der Waals surface area contributed by atoms with Crippen molar-refractivity contribution < 1.29 is 4.79 Å². The molecule has 1 aromatic heterocycles. The Morgan fingerprint density at radius 2 is 2.32 bits per heavy atom. The molecule has 0 spiro atoms. The first-order chi connectivity index (χ1) is 9.00. The van der Waals surface area contributed by atoms with Crippen molar-refractivity contribution in [1.82, 2.24) is 4.90 Å². The van der Waals surface area contributed by atoms with E-state index in [1.165, 1.54) is 4.88 Å². The van der Waals surface area contributed by atoms with Crippen molar-refractivity contribution in [2.24, 2.45) is 11.7 Å². The van der Waals surface area contributed by atoms with E-state index in [0.717, 1.165) is 23.9 Å². The van der Waals surface area contributed by atoms with E-state index in [1.54, 1.807) is 11.3 Å². The molecule has 0 aromatic carbocycles. The maximum Gasteiger partial charge on any atom is 0.223 e. The van der Waals surface area contributed by atoms with Crippen LogP contribution in [-0.2, 0) is 4.79 Å². The predicted octanol–water partition coefficient (Wildman–Crippen LogP) is 3.55. The molecule has 1 aliphatic heterocycles. The lowest BCUT2D eigenvalue weighted by Gasteiger charge is -2.34. The van der Waals surface area contributed by atoms with E-state index in [2.05, 4.69) is 35.2 Å². The van der Waals surface area contributed by atoms with Gasteiger partial charge in [-0.3, -0.25) is 4.79 Å². The van der Waals surface area contributed by atoms with Gasteiger partial charge in [-0.2, -0.15) is 0 Å². The van der Waals surface area contributed by atoms with Crippen molar-refractivity contribution in [3.05, 3.63) is 20.8 Å². The minimum absolute atomic E-state index is 0.0202. The number of nitrogens with zero attached hydrogens (tertiary/aromatic N) is 1. The average Bonchev–Trinajstić information content (AvgIpc) is 2.68. The quantitative estimate of drug-likeness (QED) is 0.911. The Kier molecular flexibility index (Phi) is 5.03. The van der Waals surface area contributed by atoms with E-state index in [4.69, 9.17) is 5.73 Å². The van der Waals surface area contributed by atoms with E-state index < -0.39 is 0 Å². The Hall–Kier alpha value is -0.390. The van der Waals surface area contributed by atoms with Gasteiger partial charge in [0.2, 0.25) is 5.91 Å². The SMILES string of the molecule is CC(C)CN1C(=O)CCCC(N)C1c1sccc1Br. The highest BCUT2D eigenvalue weighted by Gasteiger charge is 2.34. The van der Waals surface area contributed by atoms with E-state index >= 15 is 0 Å². The Labute approximate surface area is 127 Å². The van der Waals surface area contributed by atoms with Crippen LogP contribution < -0.4 is 5.73 Å². The lowest BCUT2D eigenvalue weighted by Crippen LogP contribution is -2.43. The van der Waals surface area contributed by atoms with Gasteiger partial charge in [0.25, 0.3) is 0 Å². The zero-order chi connectivity index (χ0) is 14.0. The molecule has 2 unspecified atom stereocenters. The summed E-state index contributed by atoms with van der Waals surface area (Å²) in [6, 6.07) is 2.09. The molecule has 0 bridgehead atoms. The number of nitrogens with two attached hydrogens (primary N) is 1. The Morgan fingerprint density at radius 3 is 2.89 bits per heavy atom. The summed E-state index contributed by atoms with van der Waals surface area (Å²) < 4.78 is 1.07. The van der Waals surface area contributed by atoms with Gasteiger partial charge in [0.05, 0.1) is 6.04 Å². The van der Waals surface area contributed by atoms with Gasteiger partial charge in [0, 0.05) is 28.4 Å². The second-order valence-corrected chi connectivity index (χ2v) is 7.38. The van der Waals surface area contributed by atoms with Gasteiger partial charge in [0.1, 0.15) is 0 Å². The molecule has 0 aliphatic carbocycles. The molecule has 19 heavy (non-hydrogen) atoms. The molecule has 0 radical (unpaired) electrons. The standard InChI is InChI=1S/C14H21BrN2OS/c1-9(2)8-17-12(18)5-3-4-11(16)13(17)14-10(15)6-7-19-14/h6-7,9,11,13H,3-5,8,16H2,1-2H3. The number of halogens is 1. The average molecular weight is 345 g/mol. The third-order valence-corrected chi connectivity index (χ3v) is 5.41. The highest BCUT2D eigenvalue weighted by atomic mass is 79.9. The van der Waals surface area contributed by atoms with Crippen LogP contribution in [0.2, 0.25) is 0 Å². The third kappa shape index (κ3) is 3.38. The summed E-state index contributed by atoms with van der Waals surface area (Å²) in [5, 5.41) is 2.05. The van der Waals surface area contributed by atoms with Crippen LogP contribution in [0.4, 0.5) is 0 Å². The monoisotopic (exact) mass is 344 g/mol. The van der Waals surface area contributed by atoms with Crippen LogP contribution in [0.5, 0.6) is 0 Å². The maximum atomic E-state index is 12.4. The highest BCUT2D eigenvalue weighted by Crippen LogP contribution is 2.37. The number of amides is 1. The van der Waals surface area contributed by atoms with Gasteiger partial charge in [-0.25, -0.2) is 0 Å². The van der Waals surface area contributed by atoms with Crippen molar-refractivity contribution in [1.29, 1.82) is 0 Å². The van der Waals surface area contributed by atoms with E-state index in [9.17, 15) is 4.79 Å². The molecule has 1 aromatic rings. The number of rotatable bonds is 3. The second-order valence-electron chi connectivity index (χ2n) is 5.57. The van der Waals surface area contributed by atoms with Crippen LogP contribution in [0.15, 0.2) is 15.9 Å². The maximum absolute atomic E-state index is 12.4. The molecule has 106 valence electrons. The molecule has 1 amide bonds. The first-order valence-corrected chi connectivity index (χ1v) is 8.46. The first kappa shape index (κ1) is 15.0. The van der Waals surface area contributed by atoms with Gasteiger partial charge in [0.15, 0.2) is 0 Å². The first-order valence-electron chi connectivity index (χ1n) is 6.78. The van der Waals surface area contributed by atoms with E-state index in [1.807, 2.05) is 11.0 Å². The van der Waals surface area contributed by atoms with Crippen molar-refractivity contribution in [3.63, 3.8) is 0 Å². The number of hydrogen-bond donors (Lipinski definition) is 1. The molecule has 1 fully saturated rings. The van der Waals surface area contributed by atoms with Crippen molar-refractivity contribution >= 4 is 33.2 Å². The van der Waals surface area contributed by atoms with Gasteiger partial charge >= 0.3 is 0 Å².